The van der Waals surface area contributed by atoms with Crippen molar-refractivity contribution in [1.29, 1.82) is 0 Å². The molecular formula is C11H12ClN3S. The largest absolute Gasteiger partial charge is 0.304 e. The van der Waals surface area contributed by atoms with Crippen molar-refractivity contribution < 1.29 is 0 Å². The molecule has 0 radical (unpaired) electrons. The van der Waals surface area contributed by atoms with E-state index in [0.29, 0.717) is 0 Å². The van der Waals surface area contributed by atoms with Crippen LogP contribution in [0, 0.1) is 0 Å². The van der Waals surface area contributed by atoms with Crippen LogP contribution in [0.15, 0.2) is 29.6 Å². The summed E-state index contributed by atoms with van der Waals surface area (Å²) in [5.41, 5.74) is 2.15. The van der Waals surface area contributed by atoms with Crippen LogP contribution < -0.4 is 5.32 Å². The Morgan fingerprint density at radius 2 is 2.38 bits per heavy atom. The topological polar surface area (TPSA) is 37.8 Å². The molecule has 16 heavy (non-hydrogen) atoms. The molecule has 1 atom stereocenters. The van der Waals surface area contributed by atoms with Gasteiger partial charge in [0.15, 0.2) is 0 Å². The fraction of sp³-hybridized carbons (Fsp3) is 0.273. The maximum absolute atomic E-state index is 5.94. The van der Waals surface area contributed by atoms with Crippen molar-refractivity contribution >= 4 is 23.1 Å². The summed E-state index contributed by atoms with van der Waals surface area (Å²) in [6.45, 7) is 2.83. The first-order valence-electron chi connectivity index (χ1n) is 5.00. The molecule has 0 fully saturated rings. The molecule has 5 heteroatoms. The minimum absolute atomic E-state index is 0.250. The number of hydrogen-bond acceptors (Lipinski definition) is 4. The highest BCUT2D eigenvalue weighted by Gasteiger charge is 2.05. The maximum atomic E-state index is 5.94. The molecule has 2 rings (SSSR count). The molecule has 1 heterocycles. The Hall–Kier alpha value is -0.970. The van der Waals surface area contributed by atoms with E-state index in [1.807, 2.05) is 23.6 Å². The molecule has 0 aliphatic carbocycles. The molecule has 0 spiro atoms. The SMILES string of the molecule is C[C@@H](NCc1csnn1)c1cccc(Cl)c1. The van der Waals surface area contributed by atoms with Gasteiger partial charge in [-0.15, -0.1) is 5.10 Å². The van der Waals surface area contributed by atoms with Crippen LogP contribution in [0.2, 0.25) is 5.02 Å². The van der Waals surface area contributed by atoms with Gasteiger partial charge < -0.3 is 5.32 Å². The fourth-order valence-electron chi connectivity index (χ4n) is 1.41. The molecule has 1 aromatic carbocycles. The zero-order chi connectivity index (χ0) is 11.4. The van der Waals surface area contributed by atoms with Crippen molar-refractivity contribution in [3.8, 4) is 0 Å². The Morgan fingerprint density at radius 1 is 1.50 bits per heavy atom. The second-order valence-electron chi connectivity index (χ2n) is 3.55. The number of rotatable bonds is 4. The van der Waals surface area contributed by atoms with E-state index in [9.17, 15) is 0 Å². The number of nitrogens with zero attached hydrogens (tertiary/aromatic N) is 2. The number of benzene rings is 1. The molecule has 2 aromatic rings. The Bertz CT molecular complexity index is 444. The lowest BCUT2D eigenvalue weighted by Gasteiger charge is -2.13. The average molecular weight is 254 g/mol. The van der Waals surface area contributed by atoms with Crippen molar-refractivity contribution in [2.24, 2.45) is 0 Å². The van der Waals surface area contributed by atoms with Gasteiger partial charge in [-0.05, 0) is 36.2 Å². The van der Waals surface area contributed by atoms with Crippen LogP contribution >= 0.6 is 23.1 Å². The molecule has 0 unspecified atom stereocenters. The molecule has 0 aliphatic heterocycles. The lowest BCUT2D eigenvalue weighted by molar-refractivity contribution is 0.567. The second kappa shape index (κ2) is 5.39. The average Bonchev–Trinajstić information content (AvgIpc) is 2.78. The smallest absolute Gasteiger partial charge is 0.0893 e. The van der Waals surface area contributed by atoms with Gasteiger partial charge in [0.25, 0.3) is 0 Å². The van der Waals surface area contributed by atoms with Crippen molar-refractivity contribution in [2.75, 3.05) is 0 Å². The number of halogens is 1. The summed E-state index contributed by atoms with van der Waals surface area (Å²) >= 11 is 7.31. The third-order valence-corrected chi connectivity index (χ3v) is 3.13. The third kappa shape index (κ3) is 3.01. The van der Waals surface area contributed by atoms with E-state index in [0.717, 1.165) is 17.3 Å². The maximum Gasteiger partial charge on any atom is 0.0893 e. The molecule has 0 saturated carbocycles. The van der Waals surface area contributed by atoms with Crippen LogP contribution in [-0.4, -0.2) is 9.59 Å². The summed E-state index contributed by atoms with van der Waals surface area (Å²) < 4.78 is 3.82. The summed E-state index contributed by atoms with van der Waals surface area (Å²) in [6, 6.07) is 8.12. The van der Waals surface area contributed by atoms with Gasteiger partial charge in [0.2, 0.25) is 0 Å². The van der Waals surface area contributed by atoms with Crippen molar-refractivity contribution in [3.63, 3.8) is 0 Å². The number of hydrogen-bond donors (Lipinski definition) is 1. The van der Waals surface area contributed by atoms with Crippen LogP contribution in [-0.2, 0) is 6.54 Å². The standard InChI is InChI=1S/C11H12ClN3S/c1-8(9-3-2-4-10(12)5-9)13-6-11-7-16-15-14-11/h2-5,7-8,13H,6H2,1H3/t8-/m1/s1. The molecule has 0 amide bonds. The van der Waals surface area contributed by atoms with Gasteiger partial charge in [0.1, 0.15) is 0 Å². The van der Waals surface area contributed by atoms with Gasteiger partial charge in [-0.25, -0.2) is 0 Å². The van der Waals surface area contributed by atoms with Crippen LogP contribution in [0.3, 0.4) is 0 Å². The van der Waals surface area contributed by atoms with E-state index in [4.69, 9.17) is 11.6 Å². The minimum Gasteiger partial charge on any atom is -0.304 e. The highest BCUT2D eigenvalue weighted by atomic mass is 35.5. The van der Waals surface area contributed by atoms with Crippen LogP contribution in [0.5, 0.6) is 0 Å². The first-order chi connectivity index (χ1) is 7.75. The quantitative estimate of drug-likeness (QED) is 0.910. The van der Waals surface area contributed by atoms with Gasteiger partial charge in [-0.2, -0.15) is 0 Å². The highest BCUT2D eigenvalue weighted by Crippen LogP contribution is 2.17. The van der Waals surface area contributed by atoms with Crippen molar-refractivity contribution in [3.05, 3.63) is 45.9 Å². The van der Waals surface area contributed by atoms with Crippen molar-refractivity contribution in [1.82, 2.24) is 14.9 Å². The predicted molar refractivity (Wildman–Crippen MR) is 66.6 cm³/mol. The number of aromatic nitrogens is 2. The van der Waals surface area contributed by atoms with Gasteiger partial charge >= 0.3 is 0 Å². The molecule has 1 N–H and O–H groups in total. The normalized spacial score (nSPS) is 12.6. The van der Waals surface area contributed by atoms with E-state index in [2.05, 4.69) is 27.9 Å². The monoisotopic (exact) mass is 253 g/mol. The van der Waals surface area contributed by atoms with E-state index < -0.39 is 0 Å². The van der Waals surface area contributed by atoms with Crippen LogP contribution in [0.25, 0.3) is 0 Å². The van der Waals surface area contributed by atoms with Gasteiger partial charge in [-0.1, -0.05) is 28.2 Å². The molecular weight excluding hydrogens is 242 g/mol. The Labute approximate surface area is 104 Å². The minimum atomic E-state index is 0.250. The molecule has 0 saturated heterocycles. The predicted octanol–water partition coefficient (Wildman–Crippen LogP) is 3.04. The molecule has 3 nitrogen and oxygen atoms in total. The Morgan fingerprint density at radius 3 is 3.06 bits per heavy atom. The van der Waals surface area contributed by atoms with Gasteiger partial charge in [0.05, 0.1) is 5.69 Å². The zero-order valence-corrected chi connectivity index (χ0v) is 10.4. The highest BCUT2D eigenvalue weighted by molar-refractivity contribution is 7.03. The first kappa shape index (κ1) is 11.5. The first-order valence-corrected chi connectivity index (χ1v) is 6.22. The molecule has 0 bridgehead atoms. The lowest BCUT2D eigenvalue weighted by atomic mass is 10.1. The van der Waals surface area contributed by atoms with E-state index in [1.54, 1.807) is 0 Å². The summed E-state index contributed by atoms with van der Waals surface area (Å²) in [5, 5.41) is 10.1. The van der Waals surface area contributed by atoms with Crippen LogP contribution in [0.4, 0.5) is 0 Å². The van der Waals surface area contributed by atoms with E-state index in [1.165, 1.54) is 17.1 Å². The van der Waals surface area contributed by atoms with E-state index in [-0.39, 0.29) is 6.04 Å². The Kier molecular flexibility index (Phi) is 3.88. The van der Waals surface area contributed by atoms with E-state index >= 15 is 0 Å². The second-order valence-corrected chi connectivity index (χ2v) is 4.60. The summed E-state index contributed by atoms with van der Waals surface area (Å²) in [4.78, 5) is 0. The molecule has 1 aromatic heterocycles. The fourth-order valence-corrected chi connectivity index (χ4v) is 2.06. The summed E-state index contributed by atoms with van der Waals surface area (Å²) in [5.74, 6) is 0. The molecule has 0 aliphatic rings. The zero-order valence-electron chi connectivity index (χ0n) is 8.85. The third-order valence-electron chi connectivity index (χ3n) is 2.34. The van der Waals surface area contributed by atoms with Crippen molar-refractivity contribution in [2.45, 2.75) is 19.5 Å². The summed E-state index contributed by atoms with van der Waals surface area (Å²) in [6.07, 6.45) is 0. The lowest BCUT2D eigenvalue weighted by Crippen LogP contribution is -2.18. The Balaban J connectivity index is 1.95. The van der Waals surface area contributed by atoms with Gasteiger partial charge in [-0.3, -0.25) is 0 Å². The van der Waals surface area contributed by atoms with Gasteiger partial charge in [0, 0.05) is 23.0 Å². The summed E-state index contributed by atoms with van der Waals surface area (Å²) in [7, 11) is 0. The molecule has 84 valence electrons. The van der Waals surface area contributed by atoms with Crippen LogP contribution in [0.1, 0.15) is 24.2 Å². The number of nitrogens with one attached hydrogen (secondary N) is 1.